The van der Waals surface area contributed by atoms with Crippen LogP contribution in [0.3, 0.4) is 0 Å². The van der Waals surface area contributed by atoms with Crippen LogP contribution in [0, 0.1) is 0 Å². The fourth-order valence-corrected chi connectivity index (χ4v) is 2.86. The van der Waals surface area contributed by atoms with E-state index >= 15 is 0 Å². The molecule has 0 amide bonds. The average molecular weight is 553 g/mol. The first-order valence-electron chi connectivity index (χ1n) is 10.4. The summed E-state index contributed by atoms with van der Waals surface area (Å²) in [6.45, 7) is 1.68. The third-order valence-corrected chi connectivity index (χ3v) is 4.77. The van der Waals surface area contributed by atoms with E-state index in [9.17, 15) is 10.2 Å². The van der Waals surface area contributed by atoms with E-state index in [-0.39, 0.29) is 31.0 Å². The van der Waals surface area contributed by atoms with Crippen molar-refractivity contribution in [2.75, 3.05) is 13.4 Å². The number of thioether (sulfide) groups is 1. The number of rotatable bonds is 6. The topological polar surface area (TPSA) is 128 Å². The molecule has 3 rings (SSSR count). The summed E-state index contributed by atoms with van der Waals surface area (Å²) in [7, 11) is 1.00. The molecule has 36 heavy (non-hydrogen) atoms. The number of nitrogens with zero attached hydrogens (tertiary/aromatic N) is 5. The Bertz CT molecular complexity index is 1230. The Morgan fingerprint density at radius 3 is 2.11 bits per heavy atom. The van der Waals surface area contributed by atoms with Gasteiger partial charge in [0.15, 0.2) is 0 Å². The van der Waals surface area contributed by atoms with Gasteiger partial charge in [-0.3, -0.25) is 0 Å². The summed E-state index contributed by atoms with van der Waals surface area (Å²) in [6.07, 6.45) is 4.63. The van der Waals surface area contributed by atoms with Gasteiger partial charge in [0.1, 0.15) is 0 Å². The number of hydrogen-bond acceptors (Lipinski definition) is 8. The molecule has 0 radical (unpaired) electrons. The van der Waals surface area contributed by atoms with Gasteiger partial charge in [-0.15, -0.1) is 5.10 Å². The number of aliphatic hydroxyl groups excluding tert-OH is 1. The summed E-state index contributed by atoms with van der Waals surface area (Å²) >= 11 is 1.27. The van der Waals surface area contributed by atoms with E-state index in [2.05, 4.69) is 25.4 Å². The molecule has 0 aliphatic rings. The summed E-state index contributed by atoms with van der Waals surface area (Å²) in [5.41, 5.74) is 2.62. The minimum atomic E-state index is -0.195. The Kier molecular flexibility index (Phi) is 14.5. The number of aliphatic hydroxyl groups is 1. The summed E-state index contributed by atoms with van der Waals surface area (Å²) < 4.78 is 0. The molecule has 3 aromatic rings. The Morgan fingerprint density at radius 2 is 1.47 bits per heavy atom. The number of amidine groups is 1. The number of allylic oxidation sites excluding steroid dienone is 1. The summed E-state index contributed by atoms with van der Waals surface area (Å²) in [4.78, 5) is 4.25. The predicted molar refractivity (Wildman–Crippen MR) is 141 cm³/mol. The number of azo groups is 1. The molecule has 180 valence electrons. The second-order valence-electron chi connectivity index (χ2n) is 6.72. The standard InChI is InChI=1S/C25H23N5O2S.CH4O.Zn/c1-18(15-24(32)19-9-5-3-6-10-19)27-30-25(33-2)26-17-20-16-22(13-14-23(20)31)29-28-21-11-7-4-8-12-21;1-2;/h3-17,31-32H,1-2H3;2H,1H3;/q;;+2/p-2/b24-15-,26-17+,27-18+,29-28?,30-25+;;. The van der Waals surface area contributed by atoms with Gasteiger partial charge in [-0.1, -0.05) is 77.9 Å². The largest absolute Gasteiger partial charge is 2.00 e. The molecule has 0 spiro atoms. The van der Waals surface area contributed by atoms with Crippen molar-refractivity contribution in [3.05, 3.63) is 96.1 Å². The molecule has 0 saturated carbocycles. The van der Waals surface area contributed by atoms with Crippen molar-refractivity contribution < 1.29 is 34.8 Å². The van der Waals surface area contributed by atoms with Crippen LogP contribution in [0.25, 0.3) is 5.76 Å². The van der Waals surface area contributed by atoms with Crippen LogP contribution in [0.15, 0.2) is 110 Å². The van der Waals surface area contributed by atoms with Crippen molar-refractivity contribution >= 4 is 46.0 Å². The van der Waals surface area contributed by atoms with Crippen LogP contribution in [0.4, 0.5) is 11.4 Å². The van der Waals surface area contributed by atoms with Crippen molar-refractivity contribution in [3.63, 3.8) is 0 Å². The van der Waals surface area contributed by atoms with E-state index in [4.69, 9.17) is 5.11 Å². The van der Waals surface area contributed by atoms with Gasteiger partial charge < -0.3 is 15.3 Å². The normalized spacial score (nSPS) is 12.3. The van der Waals surface area contributed by atoms with E-state index in [1.165, 1.54) is 30.1 Å². The molecule has 3 aromatic carbocycles. The molecule has 10 heteroatoms. The third-order valence-electron chi connectivity index (χ3n) is 4.22. The summed E-state index contributed by atoms with van der Waals surface area (Å²) in [5, 5.41) is 48.2. The molecule has 0 heterocycles. The molecule has 0 aliphatic carbocycles. The van der Waals surface area contributed by atoms with Crippen molar-refractivity contribution in [3.8, 4) is 5.75 Å². The van der Waals surface area contributed by atoms with E-state index in [0.717, 1.165) is 7.11 Å². The Labute approximate surface area is 227 Å². The van der Waals surface area contributed by atoms with E-state index < -0.39 is 0 Å². The van der Waals surface area contributed by atoms with E-state index in [1.54, 1.807) is 49.6 Å². The maximum atomic E-state index is 12.2. The van der Waals surface area contributed by atoms with Gasteiger partial charge in [0.2, 0.25) is 5.17 Å². The minimum Gasteiger partial charge on any atom is -0.872 e. The van der Waals surface area contributed by atoms with Crippen molar-refractivity contribution in [2.45, 2.75) is 6.92 Å². The molecule has 1 N–H and O–H groups in total. The fourth-order valence-electron chi connectivity index (χ4n) is 2.58. The molecular weight excluding hydrogens is 528 g/mol. The van der Waals surface area contributed by atoms with Crippen molar-refractivity contribution in [1.29, 1.82) is 0 Å². The smallest absolute Gasteiger partial charge is 0.872 e. The van der Waals surface area contributed by atoms with E-state index in [1.807, 2.05) is 36.4 Å². The zero-order chi connectivity index (χ0) is 25.5. The maximum Gasteiger partial charge on any atom is 2.00 e. The van der Waals surface area contributed by atoms with Gasteiger partial charge in [-0.2, -0.15) is 15.3 Å². The van der Waals surface area contributed by atoms with Gasteiger partial charge in [0.25, 0.3) is 0 Å². The molecule has 0 unspecified atom stereocenters. The predicted octanol–water partition coefficient (Wildman–Crippen LogP) is 4.70. The zero-order valence-electron chi connectivity index (χ0n) is 20.3. The first kappa shape index (κ1) is 30.6. The maximum absolute atomic E-state index is 12.2. The van der Waals surface area contributed by atoms with Gasteiger partial charge in [-0.25, -0.2) is 4.99 Å². The Balaban J connectivity index is 0.00000211. The zero-order valence-corrected chi connectivity index (χ0v) is 24.1. The quantitative estimate of drug-likeness (QED) is 0.119. The molecular formula is C26H25N5O3SZn. The third kappa shape index (κ3) is 10.4. The Morgan fingerprint density at radius 1 is 0.861 bits per heavy atom. The average Bonchev–Trinajstić information content (AvgIpc) is 2.91. The molecule has 0 saturated heterocycles. The van der Waals surface area contributed by atoms with Crippen LogP contribution >= 0.6 is 11.8 Å². The summed E-state index contributed by atoms with van der Waals surface area (Å²) in [6, 6.07) is 22.9. The van der Waals surface area contributed by atoms with Crippen LogP contribution < -0.4 is 10.2 Å². The van der Waals surface area contributed by atoms with Gasteiger partial charge in [0.05, 0.1) is 17.1 Å². The van der Waals surface area contributed by atoms with Crippen LogP contribution in [0.2, 0.25) is 0 Å². The molecule has 0 aliphatic heterocycles. The number of benzene rings is 3. The van der Waals surface area contributed by atoms with Crippen LogP contribution in [0.1, 0.15) is 18.1 Å². The molecule has 0 aromatic heterocycles. The molecule has 8 nitrogen and oxygen atoms in total. The second kappa shape index (κ2) is 17.1. The van der Waals surface area contributed by atoms with Crippen molar-refractivity contribution in [1.82, 2.24) is 0 Å². The minimum absolute atomic E-state index is 0. The Hall–Kier alpha value is -3.46. The number of aliphatic imine (C=N–C) groups is 1. The van der Waals surface area contributed by atoms with Gasteiger partial charge in [-0.05, 0) is 54.6 Å². The molecule has 0 bridgehead atoms. The first-order chi connectivity index (χ1) is 17.0. The van der Waals surface area contributed by atoms with Crippen LogP contribution in [-0.4, -0.2) is 35.6 Å². The number of hydrogen-bond donors (Lipinski definition) is 1. The fraction of sp³-hybridized carbons (Fsp3) is 0.115. The monoisotopic (exact) mass is 551 g/mol. The van der Waals surface area contributed by atoms with Crippen LogP contribution in [-0.2, 0) is 19.5 Å². The molecule has 0 atom stereocenters. The van der Waals surface area contributed by atoms with E-state index in [0.29, 0.717) is 33.4 Å². The first-order valence-corrected chi connectivity index (χ1v) is 11.6. The van der Waals surface area contributed by atoms with Gasteiger partial charge in [0, 0.05) is 13.3 Å². The van der Waals surface area contributed by atoms with Crippen molar-refractivity contribution in [2.24, 2.45) is 25.4 Å². The SMILES string of the molecule is CO.CSC(/N=C/c1cc(N=Nc2ccccc2)ccc1[O-])=N/N=C(C)/C=C(\[O-])c1ccccc1.[Zn+2]. The molecule has 0 fully saturated rings. The second-order valence-corrected chi connectivity index (χ2v) is 7.49. The van der Waals surface area contributed by atoms with Gasteiger partial charge >= 0.3 is 19.5 Å². The summed E-state index contributed by atoms with van der Waals surface area (Å²) in [5.74, 6) is -0.349. The van der Waals surface area contributed by atoms with Crippen LogP contribution in [0.5, 0.6) is 5.75 Å².